The molecule has 0 aromatic carbocycles. The zero-order chi connectivity index (χ0) is 20.7. The third-order valence-electron chi connectivity index (χ3n) is 2.50. The highest BCUT2D eigenvalue weighted by Gasteiger charge is 2.88. The first-order valence-corrected chi connectivity index (χ1v) is 5.53. The van der Waals surface area contributed by atoms with Crippen LogP contribution >= 0.6 is 0 Å². The molecule has 0 saturated heterocycles. The summed E-state index contributed by atoms with van der Waals surface area (Å²) in [5, 5.41) is 0. The highest BCUT2D eigenvalue weighted by atomic mass is 19.4. The van der Waals surface area contributed by atoms with Crippen LogP contribution < -0.4 is 0 Å². The molecule has 152 valence electrons. The van der Waals surface area contributed by atoms with Gasteiger partial charge in [-0.1, -0.05) is 0 Å². The lowest BCUT2D eigenvalue weighted by Crippen LogP contribution is -2.68. The zero-order valence-electron chi connectivity index (χ0n) is 11.1. The third-order valence-corrected chi connectivity index (χ3v) is 2.50. The maximum absolute atomic E-state index is 12.9. The summed E-state index contributed by atoms with van der Waals surface area (Å²) in [4.78, 5) is 0. The van der Waals surface area contributed by atoms with Crippen LogP contribution in [0.3, 0.4) is 0 Å². The number of rotatable bonds is 7. The van der Waals surface area contributed by atoms with Gasteiger partial charge in [-0.2, -0.15) is 61.5 Å². The van der Waals surface area contributed by atoms with E-state index in [0.29, 0.717) is 0 Å². The van der Waals surface area contributed by atoms with Crippen molar-refractivity contribution in [3.8, 4) is 0 Å². The quantitative estimate of drug-likeness (QED) is 0.511. The second kappa shape index (κ2) is 6.57. The van der Waals surface area contributed by atoms with Crippen LogP contribution in [0, 0.1) is 0 Å². The Morgan fingerprint density at radius 3 is 1.32 bits per heavy atom. The fraction of sp³-hybridized carbons (Fsp3) is 1.00. The van der Waals surface area contributed by atoms with Gasteiger partial charge in [0.25, 0.3) is 6.36 Å². The van der Waals surface area contributed by atoms with Crippen LogP contribution in [-0.2, 0) is 4.74 Å². The summed E-state index contributed by atoms with van der Waals surface area (Å²) in [6, 6.07) is 0. The SMILES string of the molecule is FC(OCCC(F)(F)F)C(F)(F)C(F)(F)C(F)(F)C(F)(F)C(F)(F)F. The molecular formula is C9H5F15O. The van der Waals surface area contributed by atoms with Gasteiger partial charge >= 0.3 is 36.0 Å². The predicted molar refractivity (Wildman–Crippen MR) is 47.4 cm³/mol. The van der Waals surface area contributed by atoms with Crippen molar-refractivity contribution in [3.63, 3.8) is 0 Å². The van der Waals surface area contributed by atoms with Crippen molar-refractivity contribution in [2.75, 3.05) is 6.61 Å². The molecule has 0 aliphatic carbocycles. The summed E-state index contributed by atoms with van der Waals surface area (Å²) in [5.74, 6) is -30.3. The molecule has 1 unspecified atom stereocenters. The van der Waals surface area contributed by atoms with E-state index >= 15 is 0 Å². The van der Waals surface area contributed by atoms with Gasteiger partial charge < -0.3 is 4.74 Å². The summed E-state index contributed by atoms with van der Waals surface area (Å²) >= 11 is 0. The first kappa shape index (κ1) is 23.9. The van der Waals surface area contributed by atoms with E-state index in [2.05, 4.69) is 4.74 Å². The van der Waals surface area contributed by atoms with E-state index in [1.165, 1.54) is 0 Å². The highest BCUT2D eigenvalue weighted by Crippen LogP contribution is 2.58. The number of hydrogen-bond donors (Lipinski definition) is 0. The minimum Gasteiger partial charge on any atom is -0.343 e. The van der Waals surface area contributed by atoms with E-state index in [9.17, 15) is 65.9 Å². The Morgan fingerprint density at radius 1 is 0.600 bits per heavy atom. The van der Waals surface area contributed by atoms with Gasteiger partial charge in [-0.3, -0.25) is 0 Å². The van der Waals surface area contributed by atoms with Crippen molar-refractivity contribution in [1.82, 2.24) is 0 Å². The minimum atomic E-state index is -7.86. The van der Waals surface area contributed by atoms with Crippen LogP contribution in [-0.4, -0.2) is 49.0 Å². The zero-order valence-corrected chi connectivity index (χ0v) is 11.1. The summed E-state index contributed by atoms with van der Waals surface area (Å²) < 4.78 is 188. The Kier molecular flexibility index (Phi) is 6.28. The molecule has 0 saturated carbocycles. The second-order valence-electron chi connectivity index (χ2n) is 4.40. The lowest BCUT2D eigenvalue weighted by atomic mass is 9.98. The minimum absolute atomic E-state index is 2.13. The molecule has 0 rings (SSSR count). The van der Waals surface area contributed by atoms with E-state index in [-0.39, 0.29) is 0 Å². The lowest BCUT2D eigenvalue weighted by molar-refractivity contribution is -0.435. The fourth-order valence-electron chi connectivity index (χ4n) is 1.11. The maximum atomic E-state index is 12.9. The third kappa shape index (κ3) is 4.36. The van der Waals surface area contributed by atoms with E-state index in [0.717, 1.165) is 0 Å². The number of hydrogen-bond acceptors (Lipinski definition) is 1. The summed E-state index contributed by atoms with van der Waals surface area (Å²) in [7, 11) is 0. The molecule has 1 nitrogen and oxygen atoms in total. The predicted octanol–water partition coefficient (Wildman–Crippen LogP) is 5.35. The highest BCUT2D eigenvalue weighted by molar-refractivity contribution is 5.07. The molecule has 0 aliphatic heterocycles. The average molecular weight is 414 g/mol. The van der Waals surface area contributed by atoms with Crippen molar-refractivity contribution in [2.24, 2.45) is 0 Å². The molecule has 0 fully saturated rings. The summed E-state index contributed by atoms with van der Waals surface area (Å²) in [5.41, 5.74) is 0. The van der Waals surface area contributed by atoms with Crippen LogP contribution in [0.5, 0.6) is 0 Å². The van der Waals surface area contributed by atoms with Gasteiger partial charge in [-0.05, 0) is 0 Å². The number of alkyl halides is 15. The first-order valence-electron chi connectivity index (χ1n) is 5.53. The van der Waals surface area contributed by atoms with Gasteiger partial charge in [0.15, 0.2) is 0 Å². The molecule has 0 aromatic heterocycles. The maximum Gasteiger partial charge on any atom is 0.460 e. The van der Waals surface area contributed by atoms with Crippen LogP contribution in [0.25, 0.3) is 0 Å². The van der Waals surface area contributed by atoms with Gasteiger partial charge in [-0.15, -0.1) is 0 Å². The Labute approximate surface area is 127 Å². The van der Waals surface area contributed by atoms with Crippen molar-refractivity contribution in [3.05, 3.63) is 0 Å². The number of halogens is 15. The molecule has 0 radical (unpaired) electrons. The smallest absolute Gasteiger partial charge is 0.343 e. The lowest BCUT2D eigenvalue weighted by Gasteiger charge is -2.37. The van der Waals surface area contributed by atoms with E-state index in [1.54, 1.807) is 0 Å². The van der Waals surface area contributed by atoms with E-state index in [1.807, 2.05) is 0 Å². The van der Waals surface area contributed by atoms with Crippen LogP contribution in [0.1, 0.15) is 6.42 Å². The Bertz CT molecular complexity index is 447. The van der Waals surface area contributed by atoms with Gasteiger partial charge in [0.05, 0.1) is 13.0 Å². The van der Waals surface area contributed by atoms with Crippen LogP contribution in [0.2, 0.25) is 0 Å². The van der Waals surface area contributed by atoms with Crippen molar-refractivity contribution in [1.29, 1.82) is 0 Å². The summed E-state index contributed by atoms with van der Waals surface area (Å²) in [6.07, 6.45) is -19.9. The molecule has 16 heteroatoms. The summed E-state index contributed by atoms with van der Waals surface area (Å²) in [6.45, 7) is -2.13. The molecule has 0 heterocycles. The Balaban J connectivity index is 5.58. The topological polar surface area (TPSA) is 9.23 Å². The molecule has 25 heavy (non-hydrogen) atoms. The molecule has 1 atom stereocenters. The average Bonchev–Trinajstić information content (AvgIpc) is 2.34. The molecule has 0 aliphatic rings. The van der Waals surface area contributed by atoms with Crippen LogP contribution in [0.15, 0.2) is 0 Å². The van der Waals surface area contributed by atoms with Gasteiger partial charge in [0, 0.05) is 0 Å². The fourth-order valence-corrected chi connectivity index (χ4v) is 1.11. The standard InChI is InChI=1S/C9H5F15O/c10-3(25-2-1-4(11,12)13)5(14,15)6(16,17)7(18,19)8(20,21)9(22,23)24/h3H,1-2H2. The first-order chi connectivity index (χ1) is 10.6. The molecule has 0 N–H and O–H groups in total. The Morgan fingerprint density at radius 2 is 1.00 bits per heavy atom. The van der Waals surface area contributed by atoms with Gasteiger partial charge in [0.1, 0.15) is 0 Å². The van der Waals surface area contributed by atoms with Gasteiger partial charge in [-0.25, -0.2) is 4.39 Å². The molecule has 0 aromatic rings. The van der Waals surface area contributed by atoms with Crippen LogP contribution in [0.4, 0.5) is 65.9 Å². The van der Waals surface area contributed by atoms with Gasteiger partial charge in [0.2, 0.25) is 0 Å². The normalized spacial score (nSPS) is 16.9. The second-order valence-corrected chi connectivity index (χ2v) is 4.40. The van der Waals surface area contributed by atoms with Crippen molar-refractivity contribution >= 4 is 0 Å². The van der Waals surface area contributed by atoms with E-state index in [4.69, 9.17) is 0 Å². The molecule has 0 bridgehead atoms. The molecule has 0 amide bonds. The monoisotopic (exact) mass is 414 g/mol. The van der Waals surface area contributed by atoms with Crippen molar-refractivity contribution in [2.45, 2.75) is 48.8 Å². The number of ether oxygens (including phenoxy) is 1. The van der Waals surface area contributed by atoms with Crippen molar-refractivity contribution < 1.29 is 70.6 Å². The molecule has 0 spiro atoms. The largest absolute Gasteiger partial charge is 0.460 e. The Hall–Kier alpha value is -1.09. The van der Waals surface area contributed by atoms with E-state index < -0.39 is 55.4 Å². The molecular weight excluding hydrogens is 409 g/mol.